The van der Waals surface area contributed by atoms with Crippen molar-refractivity contribution >= 4 is 35.2 Å². The maximum Gasteiger partial charge on any atom is 0.331 e. The minimum absolute atomic E-state index is 0.132. The van der Waals surface area contributed by atoms with E-state index in [0.29, 0.717) is 15.6 Å². The Labute approximate surface area is 105 Å². The van der Waals surface area contributed by atoms with Crippen LogP contribution in [0.5, 0.6) is 0 Å². The Morgan fingerprint density at radius 1 is 1.38 bits per heavy atom. The van der Waals surface area contributed by atoms with Crippen LogP contribution < -0.4 is 0 Å². The molecule has 0 bridgehead atoms. The van der Waals surface area contributed by atoms with Gasteiger partial charge < -0.3 is 4.74 Å². The molecule has 1 rings (SSSR count). The van der Waals surface area contributed by atoms with Crippen molar-refractivity contribution in [3.8, 4) is 0 Å². The first-order valence-electron chi connectivity index (χ1n) is 4.83. The SMILES string of the molecule is CC(C)OC(=O)C=Cc1cccc(Cl)c1Cl. The summed E-state index contributed by atoms with van der Waals surface area (Å²) in [5, 5.41) is 0.888. The van der Waals surface area contributed by atoms with Crippen LogP contribution in [0.1, 0.15) is 19.4 Å². The smallest absolute Gasteiger partial charge is 0.331 e. The molecule has 0 radical (unpaired) electrons. The van der Waals surface area contributed by atoms with Crippen LogP contribution in [-0.2, 0) is 9.53 Å². The number of halogens is 2. The minimum Gasteiger partial charge on any atom is -0.460 e. The number of carbonyl (C=O) groups is 1. The van der Waals surface area contributed by atoms with E-state index in [0.717, 1.165) is 0 Å². The van der Waals surface area contributed by atoms with Crippen molar-refractivity contribution in [2.75, 3.05) is 0 Å². The molecular formula is C12H12Cl2O2. The largest absolute Gasteiger partial charge is 0.460 e. The standard InChI is InChI=1S/C12H12Cl2O2/c1-8(2)16-11(15)7-6-9-4-3-5-10(13)12(9)14/h3-8H,1-2H3. The Kier molecular flexibility index (Phi) is 4.84. The Hall–Kier alpha value is -0.990. The summed E-state index contributed by atoms with van der Waals surface area (Å²) in [6.07, 6.45) is 2.78. The van der Waals surface area contributed by atoms with E-state index in [1.54, 1.807) is 38.1 Å². The molecule has 1 aromatic rings. The highest BCUT2D eigenvalue weighted by molar-refractivity contribution is 6.42. The normalized spacial score (nSPS) is 11.1. The van der Waals surface area contributed by atoms with Crippen molar-refractivity contribution in [2.45, 2.75) is 20.0 Å². The van der Waals surface area contributed by atoms with Crippen LogP contribution in [0, 0.1) is 0 Å². The summed E-state index contributed by atoms with van der Waals surface area (Å²) in [5.41, 5.74) is 0.690. The molecule has 0 fully saturated rings. The molecule has 0 N–H and O–H groups in total. The molecule has 0 heterocycles. The number of hydrogen-bond acceptors (Lipinski definition) is 2. The van der Waals surface area contributed by atoms with Crippen molar-refractivity contribution < 1.29 is 9.53 Å². The topological polar surface area (TPSA) is 26.3 Å². The molecule has 0 aromatic heterocycles. The van der Waals surface area contributed by atoms with E-state index in [9.17, 15) is 4.79 Å². The molecule has 0 saturated carbocycles. The summed E-state index contributed by atoms with van der Waals surface area (Å²) >= 11 is 11.8. The molecule has 0 atom stereocenters. The van der Waals surface area contributed by atoms with Crippen molar-refractivity contribution in [1.29, 1.82) is 0 Å². The predicted molar refractivity (Wildman–Crippen MR) is 66.7 cm³/mol. The van der Waals surface area contributed by atoms with Crippen molar-refractivity contribution in [1.82, 2.24) is 0 Å². The van der Waals surface area contributed by atoms with Gasteiger partial charge in [0, 0.05) is 6.08 Å². The summed E-state index contributed by atoms with van der Waals surface area (Å²) in [7, 11) is 0. The molecule has 86 valence electrons. The van der Waals surface area contributed by atoms with Gasteiger partial charge in [-0.25, -0.2) is 4.79 Å². The van der Waals surface area contributed by atoms with Gasteiger partial charge in [0.2, 0.25) is 0 Å². The number of rotatable bonds is 3. The minimum atomic E-state index is -0.397. The maximum absolute atomic E-state index is 11.2. The molecule has 0 amide bonds. The lowest BCUT2D eigenvalue weighted by atomic mass is 10.2. The first-order chi connectivity index (χ1) is 7.50. The summed E-state index contributed by atoms with van der Waals surface area (Å²) in [5.74, 6) is -0.397. The molecular weight excluding hydrogens is 247 g/mol. The Morgan fingerprint density at radius 3 is 2.69 bits per heavy atom. The highest BCUT2D eigenvalue weighted by atomic mass is 35.5. The van der Waals surface area contributed by atoms with Crippen LogP contribution in [0.15, 0.2) is 24.3 Å². The molecule has 0 saturated heterocycles. The average Bonchev–Trinajstić information content (AvgIpc) is 2.19. The van der Waals surface area contributed by atoms with E-state index in [-0.39, 0.29) is 6.10 Å². The second kappa shape index (κ2) is 5.92. The fourth-order valence-electron chi connectivity index (χ4n) is 1.08. The van der Waals surface area contributed by atoms with E-state index in [1.807, 2.05) is 0 Å². The van der Waals surface area contributed by atoms with Crippen molar-refractivity contribution in [2.24, 2.45) is 0 Å². The molecule has 16 heavy (non-hydrogen) atoms. The van der Waals surface area contributed by atoms with Crippen LogP contribution in [0.2, 0.25) is 10.0 Å². The zero-order valence-corrected chi connectivity index (χ0v) is 10.5. The number of ether oxygens (including phenoxy) is 1. The number of carbonyl (C=O) groups excluding carboxylic acids is 1. The average molecular weight is 259 g/mol. The summed E-state index contributed by atoms with van der Waals surface area (Å²) in [4.78, 5) is 11.2. The van der Waals surface area contributed by atoms with Gasteiger partial charge in [-0.15, -0.1) is 0 Å². The Bertz CT molecular complexity index is 411. The second-order valence-corrected chi connectivity index (χ2v) is 4.25. The zero-order chi connectivity index (χ0) is 12.1. The van der Waals surface area contributed by atoms with Gasteiger partial charge in [-0.05, 0) is 31.6 Å². The van der Waals surface area contributed by atoms with E-state index in [2.05, 4.69) is 0 Å². The van der Waals surface area contributed by atoms with Gasteiger partial charge in [-0.1, -0.05) is 35.3 Å². The highest BCUT2D eigenvalue weighted by Gasteiger charge is 2.03. The maximum atomic E-state index is 11.2. The lowest BCUT2D eigenvalue weighted by molar-refractivity contribution is -0.141. The lowest BCUT2D eigenvalue weighted by Crippen LogP contribution is -2.08. The van der Waals surface area contributed by atoms with E-state index in [4.69, 9.17) is 27.9 Å². The van der Waals surface area contributed by atoms with Gasteiger partial charge in [0.05, 0.1) is 16.1 Å². The van der Waals surface area contributed by atoms with Gasteiger partial charge in [0.25, 0.3) is 0 Å². The third-order valence-corrected chi connectivity index (χ3v) is 2.57. The van der Waals surface area contributed by atoms with Gasteiger partial charge in [-0.3, -0.25) is 0 Å². The van der Waals surface area contributed by atoms with Crippen LogP contribution >= 0.6 is 23.2 Å². The first-order valence-corrected chi connectivity index (χ1v) is 5.59. The van der Waals surface area contributed by atoms with Crippen LogP contribution in [0.25, 0.3) is 6.08 Å². The summed E-state index contributed by atoms with van der Waals surface area (Å²) in [6, 6.07) is 5.22. The number of hydrogen-bond donors (Lipinski definition) is 0. The fourth-order valence-corrected chi connectivity index (χ4v) is 1.45. The van der Waals surface area contributed by atoms with Crippen LogP contribution in [0.3, 0.4) is 0 Å². The molecule has 2 nitrogen and oxygen atoms in total. The molecule has 0 spiro atoms. The lowest BCUT2D eigenvalue weighted by Gasteiger charge is -2.04. The van der Waals surface area contributed by atoms with Crippen LogP contribution in [0.4, 0.5) is 0 Å². The van der Waals surface area contributed by atoms with Gasteiger partial charge >= 0.3 is 5.97 Å². The second-order valence-electron chi connectivity index (χ2n) is 3.46. The van der Waals surface area contributed by atoms with E-state index < -0.39 is 5.97 Å². The number of benzene rings is 1. The summed E-state index contributed by atoms with van der Waals surface area (Å²) < 4.78 is 4.94. The van der Waals surface area contributed by atoms with E-state index in [1.165, 1.54) is 6.08 Å². The number of esters is 1. The molecule has 4 heteroatoms. The van der Waals surface area contributed by atoms with Gasteiger partial charge in [-0.2, -0.15) is 0 Å². The zero-order valence-electron chi connectivity index (χ0n) is 9.04. The van der Waals surface area contributed by atoms with Crippen molar-refractivity contribution in [3.05, 3.63) is 39.9 Å². The fraction of sp³-hybridized carbons (Fsp3) is 0.250. The van der Waals surface area contributed by atoms with Crippen LogP contribution in [-0.4, -0.2) is 12.1 Å². The van der Waals surface area contributed by atoms with Gasteiger partial charge in [0.1, 0.15) is 0 Å². The molecule has 0 unspecified atom stereocenters. The first kappa shape index (κ1) is 13.1. The Morgan fingerprint density at radius 2 is 2.06 bits per heavy atom. The summed E-state index contributed by atoms with van der Waals surface area (Å²) in [6.45, 7) is 3.58. The third-order valence-electron chi connectivity index (χ3n) is 1.73. The quantitative estimate of drug-likeness (QED) is 0.606. The van der Waals surface area contributed by atoms with Gasteiger partial charge in [0.15, 0.2) is 0 Å². The molecule has 0 aliphatic rings. The highest BCUT2D eigenvalue weighted by Crippen LogP contribution is 2.26. The third kappa shape index (κ3) is 3.87. The molecule has 0 aliphatic heterocycles. The monoisotopic (exact) mass is 258 g/mol. The van der Waals surface area contributed by atoms with E-state index >= 15 is 0 Å². The van der Waals surface area contributed by atoms with Crippen molar-refractivity contribution in [3.63, 3.8) is 0 Å². The Balaban J connectivity index is 2.77. The molecule has 0 aliphatic carbocycles. The molecule has 1 aromatic carbocycles. The predicted octanol–water partition coefficient (Wildman–Crippen LogP) is 3.96.